The molecule has 0 aromatic heterocycles. The van der Waals surface area contributed by atoms with Crippen molar-refractivity contribution in [2.75, 3.05) is 18.4 Å². The Kier molecular flexibility index (Phi) is 5.98. The molecule has 0 unspecified atom stereocenters. The summed E-state index contributed by atoms with van der Waals surface area (Å²) < 4.78 is 58.4. The Morgan fingerprint density at radius 3 is 2.67 bits per heavy atom. The van der Waals surface area contributed by atoms with Crippen molar-refractivity contribution in [1.82, 2.24) is 9.80 Å². The van der Waals surface area contributed by atoms with Crippen LogP contribution in [0.5, 0.6) is 0 Å². The Morgan fingerprint density at radius 1 is 1.18 bits per heavy atom. The number of anilines is 1. The summed E-state index contributed by atoms with van der Waals surface area (Å²) in [5, 5.41) is 2.31. The number of nitrogens with one attached hydrogen (secondary N) is 1. The Balaban J connectivity index is 1.45. The Bertz CT molecular complexity index is 1180. The Morgan fingerprint density at radius 2 is 1.94 bits per heavy atom. The predicted molar refractivity (Wildman–Crippen MR) is 111 cm³/mol. The molecule has 2 aliphatic heterocycles. The summed E-state index contributed by atoms with van der Waals surface area (Å²) in [7, 11) is 0. The topological polar surface area (TPSA) is 74.2 Å². The van der Waals surface area contributed by atoms with E-state index in [1.807, 2.05) is 0 Å². The molecule has 3 amide bonds. The van der Waals surface area contributed by atoms with Crippen LogP contribution in [-0.4, -0.2) is 40.8 Å². The average Bonchev–Trinajstić information content (AvgIpc) is 3.09. The minimum Gasteiger partial charge on any atom is -0.418 e. The number of alkyl halides is 3. The third kappa shape index (κ3) is 4.92. The molecule has 0 atom stereocenters. The van der Waals surface area contributed by atoms with Gasteiger partial charge in [0.2, 0.25) is 5.76 Å². The number of hydrogen-bond donors (Lipinski definition) is 1. The highest BCUT2D eigenvalue weighted by molar-refractivity contribution is 6.31. The number of amidine groups is 1. The van der Waals surface area contributed by atoms with Gasteiger partial charge in [-0.3, -0.25) is 9.69 Å². The maximum Gasteiger partial charge on any atom is 0.416 e. The van der Waals surface area contributed by atoms with Gasteiger partial charge in [0.05, 0.1) is 16.8 Å². The number of carbonyl (C=O) groups excluding carboxylic acids is 2. The molecule has 172 valence electrons. The van der Waals surface area contributed by atoms with Crippen LogP contribution in [0.15, 0.2) is 59.4 Å². The molecule has 33 heavy (non-hydrogen) atoms. The zero-order chi connectivity index (χ0) is 23.8. The number of aliphatic imine (C=N–C) groups is 1. The molecule has 12 heteroatoms. The minimum atomic E-state index is -4.56. The molecule has 4 rings (SSSR count). The van der Waals surface area contributed by atoms with Crippen LogP contribution in [0.1, 0.15) is 11.1 Å². The van der Waals surface area contributed by atoms with Crippen LogP contribution in [0.4, 0.5) is 28.0 Å². The molecule has 0 bridgehead atoms. The second kappa shape index (κ2) is 8.74. The van der Waals surface area contributed by atoms with Crippen LogP contribution < -0.4 is 5.32 Å². The van der Waals surface area contributed by atoms with Crippen molar-refractivity contribution in [1.29, 1.82) is 0 Å². The second-order valence-electron chi connectivity index (χ2n) is 7.13. The van der Waals surface area contributed by atoms with E-state index in [1.54, 1.807) is 0 Å². The lowest BCUT2D eigenvalue weighted by molar-refractivity contribution is -0.138. The van der Waals surface area contributed by atoms with Crippen LogP contribution in [0, 0.1) is 5.82 Å². The van der Waals surface area contributed by atoms with E-state index in [0.717, 1.165) is 17.0 Å². The van der Waals surface area contributed by atoms with Crippen molar-refractivity contribution in [3.05, 3.63) is 76.4 Å². The van der Waals surface area contributed by atoms with E-state index in [4.69, 9.17) is 16.3 Å². The zero-order valence-electron chi connectivity index (χ0n) is 16.7. The van der Waals surface area contributed by atoms with E-state index in [-0.39, 0.29) is 47.7 Å². The maximum atomic E-state index is 13.3. The molecule has 0 radical (unpaired) electrons. The average molecular weight is 483 g/mol. The number of nitrogens with zero attached hydrogens (tertiary/aromatic N) is 3. The first kappa shape index (κ1) is 22.6. The smallest absolute Gasteiger partial charge is 0.416 e. The number of amides is 3. The monoisotopic (exact) mass is 482 g/mol. The highest BCUT2D eigenvalue weighted by atomic mass is 35.5. The van der Waals surface area contributed by atoms with Gasteiger partial charge in [0.15, 0.2) is 0 Å². The highest BCUT2D eigenvalue weighted by Gasteiger charge is 2.35. The van der Waals surface area contributed by atoms with Gasteiger partial charge in [-0.25, -0.2) is 9.18 Å². The molecular weight excluding hydrogens is 468 g/mol. The summed E-state index contributed by atoms with van der Waals surface area (Å²) in [5.74, 6) is -1.50. The normalized spacial score (nSPS) is 16.0. The fraction of sp³-hybridized carbons (Fsp3) is 0.190. The van der Waals surface area contributed by atoms with E-state index in [1.165, 1.54) is 41.4 Å². The quantitative estimate of drug-likeness (QED) is 0.646. The van der Waals surface area contributed by atoms with Gasteiger partial charge in [0.1, 0.15) is 5.82 Å². The van der Waals surface area contributed by atoms with E-state index < -0.39 is 29.5 Å². The Hall–Kier alpha value is -3.60. The van der Waals surface area contributed by atoms with Crippen LogP contribution in [0.25, 0.3) is 0 Å². The summed E-state index contributed by atoms with van der Waals surface area (Å²) in [4.78, 5) is 31.3. The van der Waals surface area contributed by atoms with Gasteiger partial charge in [-0.15, -0.1) is 4.99 Å². The van der Waals surface area contributed by atoms with Crippen molar-refractivity contribution in [3.63, 3.8) is 0 Å². The van der Waals surface area contributed by atoms with Crippen LogP contribution in [-0.2, 0) is 22.3 Å². The van der Waals surface area contributed by atoms with Crippen molar-refractivity contribution in [3.8, 4) is 0 Å². The van der Waals surface area contributed by atoms with Gasteiger partial charge in [0, 0.05) is 25.3 Å². The number of rotatable bonds is 4. The van der Waals surface area contributed by atoms with E-state index >= 15 is 0 Å². The van der Waals surface area contributed by atoms with Gasteiger partial charge in [-0.2, -0.15) is 13.2 Å². The summed E-state index contributed by atoms with van der Waals surface area (Å²) in [6.07, 6.45) is -3.24. The molecule has 0 saturated carbocycles. The van der Waals surface area contributed by atoms with Gasteiger partial charge in [-0.05, 0) is 29.8 Å². The molecule has 2 aromatic carbocycles. The molecule has 1 N–H and O–H groups in total. The first-order valence-electron chi connectivity index (χ1n) is 9.57. The fourth-order valence-electron chi connectivity index (χ4n) is 3.26. The number of halogens is 5. The van der Waals surface area contributed by atoms with E-state index in [9.17, 15) is 27.2 Å². The van der Waals surface area contributed by atoms with E-state index in [2.05, 4.69) is 10.3 Å². The SMILES string of the molecule is O=C(Nc1ccc(F)c(Cl)c1)C1=CN2CCN(Cc3ccccc3C(F)(F)F)C(=O)N=C2O1. The summed E-state index contributed by atoms with van der Waals surface area (Å²) in [6.45, 7) is -0.111. The summed E-state index contributed by atoms with van der Waals surface area (Å²) in [5.41, 5.74) is -0.660. The maximum absolute atomic E-state index is 13.3. The van der Waals surface area contributed by atoms with Crippen LogP contribution >= 0.6 is 11.6 Å². The lowest BCUT2D eigenvalue weighted by Crippen LogP contribution is -2.32. The third-order valence-corrected chi connectivity index (χ3v) is 5.17. The number of fused-ring (bicyclic) bond motifs is 1. The Labute approximate surface area is 189 Å². The minimum absolute atomic E-state index is 0.0420. The van der Waals surface area contributed by atoms with Crippen LogP contribution in [0.2, 0.25) is 5.02 Å². The van der Waals surface area contributed by atoms with Gasteiger partial charge < -0.3 is 15.0 Å². The fourth-order valence-corrected chi connectivity index (χ4v) is 3.44. The molecular formula is C21H15ClF4N4O3. The van der Waals surface area contributed by atoms with Crippen molar-refractivity contribution >= 4 is 35.2 Å². The molecule has 0 aliphatic carbocycles. The van der Waals surface area contributed by atoms with E-state index in [0.29, 0.717) is 0 Å². The van der Waals surface area contributed by atoms with Crippen molar-refractivity contribution < 1.29 is 31.9 Å². The van der Waals surface area contributed by atoms with Crippen molar-refractivity contribution in [2.24, 2.45) is 4.99 Å². The molecule has 2 aromatic rings. The van der Waals surface area contributed by atoms with Gasteiger partial charge >= 0.3 is 18.2 Å². The number of urea groups is 1. The molecule has 0 saturated heterocycles. The van der Waals surface area contributed by atoms with Crippen molar-refractivity contribution in [2.45, 2.75) is 12.7 Å². The molecule has 0 spiro atoms. The lowest BCUT2D eigenvalue weighted by atomic mass is 10.1. The van der Waals surface area contributed by atoms with Crippen LogP contribution in [0.3, 0.4) is 0 Å². The molecule has 7 nitrogen and oxygen atoms in total. The number of carbonyl (C=O) groups is 2. The molecule has 2 aliphatic rings. The standard InChI is InChI=1S/C21H15ClF4N4O3/c22-15-9-13(5-6-16(15)23)27-18(31)17-11-30-8-7-29(19(32)28-20(30)33-17)10-12-3-1-2-4-14(12)21(24,25)26/h1-6,9,11H,7-8,10H2,(H,27,31). The predicted octanol–water partition coefficient (Wildman–Crippen LogP) is 4.60. The molecule has 2 heterocycles. The van der Waals surface area contributed by atoms with Gasteiger partial charge in [-0.1, -0.05) is 29.8 Å². The number of ether oxygens (including phenoxy) is 1. The summed E-state index contributed by atoms with van der Waals surface area (Å²) >= 11 is 5.69. The highest BCUT2D eigenvalue weighted by Crippen LogP contribution is 2.32. The zero-order valence-corrected chi connectivity index (χ0v) is 17.5. The largest absolute Gasteiger partial charge is 0.418 e. The second-order valence-corrected chi connectivity index (χ2v) is 7.53. The first-order chi connectivity index (χ1) is 15.6. The molecule has 0 fully saturated rings. The first-order valence-corrected chi connectivity index (χ1v) is 9.95. The number of benzene rings is 2. The lowest BCUT2D eigenvalue weighted by Gasteiger charge is -2.21. The third-order valence-electron chi connectivity index (χ3n) is 4.88. The van der Waals surface area contributed by atoms with Gasteiger partial charge in [0.25, 0.3) is 5.91 Å². The summed E-state index contributed by atoms with van der Waals surface area (Å²) in [6, 6.07) is 7.64. The number of hydrogen-bond acceptors (Lipinski definition) is 4.